The molecule has 21 nitrogen and oxygen atoms in total. The highest BCUT2D eigenvalue weighted by Crippen LogP contribution is 2.35. The van der Waals surface area contributed by atoms with E-state index >= 15 is 0 Å². The first kappa shape index (κ1) is 48.5. The molecule has 2 aliphatic heterocycles. The van der Waals surface area contributed by atoms with E-state index < -0.39 is 29.9 Å². The fourth-order valence-electron chi connectivity index (χ4n) is 7.40. The number of nitrogens with zero attached hydrogens (tertiary/aromatic N) is 4. The van der Waals surface area contributed by atoms with E-state index in [1.807, 2.05) is 6.92 Å². The first-order chi connectivity index (χ1) is 32.3. The molecule has 0 bridgehead atoms. The summed E-state index contributed by atoms with van der Waals surface area (Å²) in [6.07, 6.45) is 4.03. The molecular formula is C46H53N11O10. The van der Waals surface area contributed by atoms with Gasteiger partial charge in [-0.2, -0.15) is 4.99 Å². The number of aliphatic imine (C=N–C) groups is 1. The Bertz CT molecular complexity index is 2550. The fourth-order valence-corrected chi connectivity index (χ4v) is 7.40. The van der Waals surface area contributed by atoms with Gasteiger partial charge in [0, 0.05) is 56.5 Å². The fraction of sp³-hybridized carbons (Fsp3) is 0.348. The first-order valence-corrected chi connectivity index (χ1v) is 21.5. The highest BCUT2D eigenvalue weighted by Gasteiger charge is 2.40. The number of fused-ring (bicyclic) bond motifs is 1. The molecule has 7 N–H and O–H groups in total. The number of likely N-dealkylation sites (N-methyl/N-ethyl adjacent to an activating group) is 1. The zero-order valence-electron chi connectivity index (χ0n) is 37.7. The van der Waals surface area contributed by atoms with Crippen molar-refractivity contribution in [1.29, 1.82) is 5.41 Å². The number of ether oxygens (including phenoxy) is 4. The Kier molecular flexibility index (Phi) is 16.5. The molecule has 0 saturated carbocycles. The van der Waals surface area contributed by atoms with E-state index in [0.29, 0.717) is 82.1 Å². The number of para-hydroxylation sites is 1. The van der Waals surface area contributed by atoms with Crippen molar-refractivity contribution < 1.29 is 47.7 Å². The van der Waals surface area contributed by atoms with Crippen molar-refractivity contribution in [1.82, 2.24) is 36.1 Å². The number of carbonyl (C=O) groups is 6. The lowest BCUT2D eigenvalue weighted by atomic mass is 10.0. The van der Waals surface area contributed by atoms with Gasteiger partial charge >= 0.3 is 5.97 Å². The Hall–Kier alpha value is -7.94. The molecule has 1 saturated heterocycles. The number of methoxy groups -OCH3 is 1. The Balaban J connectivity index is 0.967. The summed E-state index contributed by atoms with van der Waals surface area (Å²) in [6, 6.07) is 13.6. The molecule has 352 valence electrons. The third-order valence-corrected chi connectivity index (χ3v) is 10.7. The van der Waals surface area contributed by atoms with Crippen LogP contribution < -0.4 is 41.4 Å². The van der Waals surface area contributed by atoms with Gasteiger partial charge in [0.15, 0.2) is 17.5 Å². The lowest BCUT2D eigenvalue weighted by Crippen LogP contribution is -2.52. The van der Waals surface area contributed by atoms with Crippen LogP contribution in [-0.2, 0) is 30.4 Å². The van der Waals surface area contributed by atoms with Crippen LogP contribution in [0.5, 0.6) is 11.5 Å². The maximum Gasteiger partial charge on any atom is 0.323 e. The molecule has 2 aromatic carbocycles. The predicted octanol–water partition coefficient (Wildman–Crippen LogP) is 3.59. The van der Waals surface area contributed by atoms with Crippen LogP contribution in [0.1, 0.15) is 81.7 Å². The van der Waals surface area contributed by atoms with Gasteiger partial charge in [-0.1, -0.05) is 12.1 Å². The number of nitrogens with one attached hydrogen (secondary N) is 7. The molecule has 5 amide bonds. The van der Waals surface area contributed by atoms with E-state index in [2.05, 4.69) is 46.9 Å². The molecule has 4 aromatic rings. The number of pyridine rings is 2. The van der Waals surface area contributed by atoms with E-state index in [0.717, 1.165) is 0 Å². The smallest absolute Gasteiger partial charge is 0.323 e. The number of amidine groups is 1. The molecule has 2 aliphatic rings. The number of benzene rings is 2. The maximum absolute atomic E-state index is 13.1. The largest absolute Gasteiger partial charge is 0.494 e. The summed E-state index contributed by atoms with van der Waals surface area (Å²) in [4.78, 5) is 90.2. The second kappa shape index (κ2) is 22.8. The Labute approximate surface area is 386 Å². The zero-order valence-corrected chi connectivity index (χ0v) is 37.7. The van der Waals surface area contributed by atoms with E-state index in [9.17, 15) is 28.8 Å². The molecule has 6 rings (SSSR count). The van der Waals surface area contributed by atoms with Gasteiger partial charge in [0.2, 0.25) is 11.8 Å². The number of anilines is 4. The second-order valence-electron chi connectivity index (χ2n) is 15.1. The zero-order chi connectivity index (χ0) is 48.0. The molecule has 0 radical (unpaired) electrons. The molecule has 0 aliphatic carbocycles. The molecule has 0 spiro atoms. The van der Waals surface area contributed by atoms with E-state index in [-0.39, 0.29) is 68.3 Å². The predicted molar refractivity (Wildman–Crippen MR) is 246 cm³/mol. The minimum absolute atomic E-state index is 0.0211. The molecule has 21 heteroatoms. The summed E-state index contributed by atoms with van der Waals surface area (Å²) >= 11 is 0. The van der Waals surface area contributed by atoms with Gasteiger partial charge in [-0.25, -0.2) is 9.97 Å². The van der Waals surface area contributed by atoms with Crippen LogP contribution in [0.25, 0.3) is 0 Å². The van der Waals surface area contributed by atoms with Crippen molar-refractivity contribution in [3.8, 4) is 11.5 Å². The number of piperidine rings is 1. The van der Waals surface area contributed by atoms with Crippen LogP contribution in [0.4, 0.5) is 23.0 Å². The summed E-state index contributed by atoms with van der Waals surface area (Å²) in [5.74, 6) is -0.699. The van der Waals surface area contributed by atoms with E-state index in [4.69, 9.17) is 24.4 Å². The van der Waals surface area contributed by atoms with Crippen LogP contribution in [0.15, 0.2) is 72.0 Å². The lowest BCUT2D eigenvalue weighted by molar-refractivity contribution is -0.147. The van der Waals surface area contributed by atoms with Gasteiger partial charge in [-0.05, 0) is 69.6 Å². The van der Waals surface area contributed by atoms with Crippen molar-refractivity contribution in [3.05, 3.63) is 94.8 Å². The third-order valence-electron chi connectivity index (χ3n) is 10.7. The number of hydrogen-bond acceptors (Lipinski definition) is 16. The molecule has 1 fully saturated rings. The average molecular weight is 920 g/mol. The van der Waals surface area contributed by atoms with Crippen molar-refractivity contribution in [2.45, 2.75) is 58.2 Å². The van der Waals surface area contributed by atoms with Crippen molar-refractivity contribution >= 4 is 70.2 Å². The Morgan fingerprint density at radius 3 is 2.45 bits per heavy atom. The van der Waals surface area contributed by atoms with Crippen molar-refractivity contribution in [2.75, 3.05) is 58.2 Å². The summed E-state index contributed by atoms with van der Waals surface area (Å²) in [5.41, 5.74) is 2.80. The van der Waals surface area contributed by atoms with Crippen LogP contribution in [0, 0.1) is 5.41 Å². The normalized spacial score (nSPS) is 14.9. The number of hydrogen-bond donors (Lipinski definition) is 7. The van der Waals surface area contributed by atoms with Crippen LogP contribution in [-0.4, -0.2) is 122 Å². The molecule has 2 atom stereocenters. The first-order valence-electron chi connectivity index (χ1n) is 21.5. The molecule has 2 aromatic heterocycles. The monoisotopic (exact) mass is 919 g/mol. The van der Waals surface area contributed by atoms with Crippen LogP contribution in [0.2, 0.25) is 0 Å². The average Bonchev–Trinajstić information content (AvgIpc) is 3.66. The van der Waals surface area contributed by atoms with Gasteiger partial charge in [-0.15, -0.1) is 0 Å². The van der Waals surface area contributed by atoms with Crippen molar-refractivity contribution in [2.24, 2.45) is 4.99 Å². The summed E-state index contributed by atoms with van der Waals surface area (Å²) < 4.78 is 22.4. The quantitative estimate of drug-likeness (QED) is 0.0219. The van der Waals surface area contributed by atoms with E-state index in [1.165, 1.54) is 31.5 Å². The highest BCUT2D eigenvalue weighted by molar-refractivity contribution is 6.07. The standard InChI is InChI=1S/C46H53N11O10/c1-6-65-26(2)53-41(47)29-11-7-12-32(40(29)64-5)54-34-22-38(52-24-30(34)43(60)49-4)55-37-17-15-27(23-51-37)42(59)50-19-9-13-33(48-3)46(63)67-21-20-66-36-14-8-10-28-31(36)25-57(45(28)62)35-16-18-39(58)56-44(35)61/h7-8,10-12,14-15,17,22-24,33,35,47-48H,6,9,13,16,18-21,25H2,1-5H3,(H,49,60)(H,50,59)(H,56,58,61)(H2,51,52,54,55)/t33-,35?/m0/s1. The molecular weight excluding hydrogens is 867 g/mol. The number of aromatic nitrogens is 2. The topological polar surface area (TPSA) is 277 Å². The van der Waals surface area contributed by atoms with Crippen molar-refractivity contribution in [3.63, 3.8) is 0 Å². The molecule has 1 unspecified atom stereocenters. The second-order valence-corrected chi connectivity index (χ2v) is 15.1. The number of rotatable bonds is 20. The van der Waals surface area contributed by atoms with Crippen LogP contribution >= 0.6 is 0 Å². The maximum atomic E-state index is 13.1. The highest BCUT2D eigenvalue weighted by atomic mass is 16.6. The summed E-state index contributed by atoms with van der Waals surface area (Å²) in [7, 11) is 4.61. The number of carbonyl (C=O) groups excluding carboxylic acids is 6. The third kappa shape index (κ3) is 12.0. The van der Waals surface area contributed by atoms with Gasteiger partial charge in [0.05, 0.1) is 48.3 Å². The van der Waals surface area contributed by atoms with Gasteiger partial charge < -0.3 is 50.4 Å². The number of esters is 1. The van der Waals surface area contributed by atoms with Gasteiger partial charge in [0.25, 0.3) is 17.7 Å². The summed E-state index contributed by atoms with van der Waals surface area (Å²) in [5, 5.41) is 25.5. The molecule has 4 heterocycles. The number of imide groups is 1. The van der Waals surface area contributed by atoms with E-state index in [1.54, 1.807) is 68.6 Å². The Morgan fingerprint density at radius 1 is 0.940 bits per heavy atom. The van der Waals surface area contributed by atoms with Gasteiger partial charge in [0.1, 0.15) is 42.7 Å². The van der Waals surface area contributed by atoms with Crippen LogP contribution in [0.3, 0.4) is 0 Å². The lowest BCUT2D eigenvalue weighted by Gasteiger charge is -2.29. The Morgan fingerprint density at radius 2 is 1.73 bits per heavy atom. The number of amides is 5. The minimum atomic E-state index is -0.749. The molecule has 67 heavy (non-hydrogen) atoms. The van der Waals surface area contributed by atoms with Gasteiger partial charge in [-0.3, -0.25) is 39.5 Å². The summed E-state index contributed by atoms with van der Waals surface area (Å²) in [6.45, 7) is 4.28. The SMILES string of the molecule is CCOC(C)=NC(=N)c1cccc(Nc2cc(Nc3ccc(C(=O)NCCC[C@H](NC)C(=O)OCCOc4cccc5c4CN(C4CCC(=O)NC4=O)C5=O)cn3)ncc2C(=O)NC)c1OC. The minimum Gasteiger partial charge on any atom is -0.494 e.